The zero-order valence-electron chi connectivity index (χ0n) is 11.9. The van der Waals surface area contributed by atoms with Gasteiger partial charge in [-0.2, -0.15) is 0 Å². The van der Waals surface area contributed by atoms with Crippen molar-refractivity contribution in [3.05, 3.63) is 24.3 Å². The second kappa shape index (κ2) is 7.19. The van der Waals surface area contributed by atoms with Crippen LogP contribution in [-0.2, 0) is 19.6 Å². The van der Waals surface area contributed by atoms with Crippen LogP contribution >= 0.6 is 0 Å². The van der Waals surface area contributed by atoms with Crippen molar-refractivity contribution in [3.63, 3.8) is 0 Å². The van der Waals surface area contributed by atoms with Gasteiger partial charge in [-0.1, -0.05) is 0 Å². The molecule has 0 saturated heterocycles. The van der Waals surface area contributed by atoms with Gasteiger partial charge in [0.1, 0.15) is 0 Å². The van der Waals surface area contributed by atoms with Crippen LogP contribution in [0.5, 0.6) is 0 Å². The van der Waals surface area contributed by atoms with E-state index in [-0.39, 0.29) is 30.1 Å². The summed E-state index contributed by atoms with van der Waals surface area (Å²) in [6, 6.07) is 5.79. The van der Waals surface area contributed by atoms with Gasteiger partial charge in [-0.25, -0.2) is 12.7 Å². The number of carboxylic acid groups (broad SMARTS) is 1. The van der Waals surface area contributed by atoms with Crippen LogP contribution in [0.2, 0.25) is 0 Å². The van der Waals surface area contributed by atoms with E-state index in [0.717, 1.165) is 4.31 Å². The number of rotatable bonds is 7. The molecule has 0 saturated carbocycles. The molecule has 8 heteroatoms. The SMILES string of the molecule is CN(C)S(=O)(=O)c1ccc(NC(=O)CCCC(=O)O)cc1. The number of amides is 1. The Kier molecular flexibility index (Phi) is 5.86. The molecule has 1 rings (SSSR count). The number of nitrogens with zero attached hydrogens (tertiary/aromatic N) is 1. The van der Waals surface area contributed by atoms with Gasteiger partial charge in [0.25, 0.3) is 0 Å². The second-order valence-electron chi connectivity index (χ2n) is 4.61. The number of anilines is 1. The van der Waals surface area contributed by atoms with Crippen LogP contribution in [-0.4, -0.2) is 43.8 Å². The Morgan fingerprint density at radius 1 is 1.14 bits per heavy atom. The largest absolute Gasteiger partial charge is 0.481 e. The van der Waals surface area contributed by atoms with Crippen LogP contribution in [0.3, 0.4) is 0 Å². The normalized spacial score (nSPS) is 11.4. The first-order valence-electron chi connectivity index (χ1n) is 6.27. The van der Waals surface area contributed by atoms with E-state index in [1.165, 1.54) is 38.4 Å². The standard InChI is InChI=1S/C13H18N2O5S/c1-15(2)21(19,20)11-8-6-10(7-9-11)14-12(16)4-3-5-13(17)18/h6-9H,3-5H2,1-2H3,(H,14,16)(H,17,18). The van der Waals surface area contributed by atoms with Crippen LogP contribution in [0.4, 0.5) is 5.69 Å². The van der Waals surface area contributed by atoms with Crippen LogP contribution in [0.25, 0.3) is 0 Å². The molecule has 0 aliphatic heterocycles. The number of aliphatic carboxylic acids is 1. The molecular weight excluding hydrogens is 296 g/mol. The monoisotopic (exact) mass is 314 g/mol. The summed E-state index contributed by atoms with van der Waals surface area (Å²) in [4.78, 5) is 22.0. The minimum Gasteiger partial charge on any atom is -0.481 e. The summed E-state index contributed by atoms with van der Waals surface area (Å²) in [5, 5.41) is 11.1. The van der Waals surface area contributed by atoms with Crippen LogP contribution < -0.4 is 5.32 Å². The highest BCUT2D eigenvalue weighted by Crippen LogP contribution is 2.16. The number of hydrogen-bond donors (Lipinski definition) is 2. The summed E-state index contributed by atoms with van der Waals surface area (Å²) < 4.78 is 24.8. The van der Waals surface area contributed by atoms with E-state index in [0.29, 0.717) is 5.69 Å². The summed E-state index contributed by atoms with van der Waals surface area (Å²) >= 11 is 0. The molecule has 0 radical (unpaired) electrons. The maximum Gasteiger partial charge on any atom is 0.303 e. The summed E-state index contributed by atoms with van der Waals surface area (Å²) in [5.41, 5.74) is 0.466. The van der Waals surface area contributed by atoms with Crippen molar-refractivity contribution < 1.29 is 23.1 Å². The maximum absolute atomic E-state index is 11.9. The van der Waals surface area contributed by atoms with Gasteiger partial charge in [0, 0.05) is 32.6 Å². The fraction of sp³-hybridized carbons (Fsp3) is 0.385. The lowest BCUT2D eigenvalue weighted by molar-refractivity contribution is -0.137. The molecule has 0 bridgehead atoms. The van der Waals surface area contributed by atoms with Gasteiger partial charge >= 0.3 is 5.97 Å². The van der Waals surface area contributed by atoms with E-state index in [2.05, 4.69) is 5.32 Å². The molecule has 116 valence electrons. The second-order valence-corrected chi connectivity index (χ2v) is 6.76. The van der Waals surface area contributed by atoms with Gasteiger partial charge in [0.2, 0.25) is 15.9 Å². The Bertz CT molecular complexity index is 608. The van der Waals surface area contributed by atoms with Gasteiger partial charge in [-0.15, -0.1) is 0 Å². The van der Waals surface area contributed by atoms with Crippen molar-refractivity contribution in [3.8, 4) is 0 Å². The first-order valence-corrected chi connectivity index (χ1v) is 7.71. The molecule has 0 aromatic heterocycles. The average molecular weight is 314 g/mol. The fourth-order valence-corrected chi connectivity index (χ4v) is 2.45. The molecular formula is C13H18N2O5S. The van der Waals surface area contributed by atoms with Crippen molar-refractivity contribution >= 4 is 27.6 Å². The van der Waals surface area contributed by atoms with Gasteiger partial charge in [0.05, 0.1) is 4.90 Å². The first-order chi connectivity index (χ1) is 9.73. The molecule has 1 amide bonds. The molecule has 7 nitrogen and oxygen atoms in total. The first kappa shape index (κ1) is 17.1. The molecule has 2 N–H and O–H groups in total. The zero-order chi connectivity index (χ0) is 16.0. The van der Waals surface area contributed by atoms with Crippen molar-refractivity contribution in [1.82, 2.24) is 4.31 Å². The number of benzene rings is 1. The number of nitrogens with one attached hydrogen (secondary N) is 1. The van der Waals surface area contributed by atoms with E-state index in [4.69, 9.17) is 5.11 Å². The predicted octanol–water partition coefficient (Wildman–Crippen LogP) is 1.13. The number of sulfonamides is 1. The van der Waals surface area contributed by atoms with Crippen LogP contribution in [0.1, 0.15) is 19.3 Å². The van der Waals surface area contributed by atoms with E-state index < -0.39 is 16.0 Å². The van der Waals surface area contributed by atoms with Gasteiger partial charge in [-0.3, -0.25) is 9.59 Å². The number of carboxylic acids is 1. The van der Waals surface area contributed by atoms with E-state index in [9.17, 15) is 18.0 Å². The lowest BCUT2D eigenvalue weighted by Crippen LogP contribution is -2.22. The highest BCUT2D eigenvalue weighted by atomic mass is 32.2. The Hall–Kier alpha value is -1.93. The average Bonchev–Trinajstić information content (AvgIpc) is 2.38. The molecule has 0 unspecified atom stereocenters. The number of carbonyl (C=O) groups is 2. The minimum atomic E-state index is -3.49. The molecule has 0 atom stereocenters. The molecule has 0 spiro atoms. The highest BCUT2D eigenvalue weighted by molar-refractivity contribution is 7.89. The molecule has 1 aromatic rings. The van der Waals surface area contributed by atoms with Crippen molar-refractivity contribution in [2.45, 2.75) is 24.2 Å². The summed E-state index contributed by atoms with van der Waals surface area (Å²) in [6.45, 7) is 0. The zero-order valence-corrected chi connectivity index (χ0v) is 12.7. The molecule has 0 aliphatic rings. The Balaban J connectivity index is 2.63. The van der Waals surface area contributed by atoms with Crippen molar-refractivity contribution in [2.75, 3.05) is 19.4 Å². The van der Waals surface area contributed by atoms with E-state index >= 15 is 0 Å². The lowest BCUT2D eigenvalue weighted by atomic mass is 10.2. The van der Waals surface area contributed by atoms with Crippen LogP contribution in [0.15, 0.2) is 29.2 Å². The maximum atomic E-state index is 11.9. The van der Waals surface area contributed by atoms with Crippen molar-refractivity contribution in [1.29, 1.82) is 0 Å². The molecule has 0 aliphatic carbocycles. The fourth-order valence-electron chi connectivity index (χ4n) is 1.54. The lowest BCUT2D eigenvalue weighted by Gasteiger charge is -2.12. The third-order valence-electron chi connectivity index (χ3n) is 2.71. The minimum absolute atomic E-state index is 0.0621. The van der Waals surface area contributed by atoms with Gasteiger partial charge in [0.15, 0.2) is 0 Å². The molecule has 0 heterocycles. The number of carbonyl (C=O) groups excluding carboxylic acids is 1. The summed E-state index contributed by atoms with van der Waals surface area (Å²) in [7, 11) is -0.615. The molecule has 1 aromatic carbocycles. The molecule has 0 fully saturated rings. The number of hydrogen-bond acceptors (Lipinski definition) is 4. The Morgan fingerprint density at radius 2 is 1.71 bits per heavy atom. The Morgan fingerprint density at radius 3 is 2.19 bits per heavy atom. The Labute approximate surface area is 123 Å². The third kappa shape index (κ3) is 5.16. The van der Waals surface area contributed by atoms with E-state index in [1.54, 1.807) is 0 Å². The third-order valence-corrected chi connectivity index (χ3v) is 4.54. The summed E-state index contributed by atoms with van der Waals surface area (Å²) in [6.07, 6.45) is 0.297. The van der Waals surface area contributed by atoms with Crippen LogP contribution in [0, 0.1) is 0 Å². The van der Waals surface area contributed by atoms with Gasteiger partial charge in [-0.05, 0) is 30.7 Å². The predicted molar refractivity (Wildman–Crippen MR) is 77.4 cm³/mol. The highest BCUT2D eigenvalue weighted by Gasteiger charge is 2.16. The summed E-state index contributed by atoms with van der Waals surface area (Å²) in [5.74, 6) is -1.25. The molecule has 21 heavy (non-hydrogen) atoms. The van der Waals surface area contributed by atoms with Gasteiger partial charge < -0.3 is 10.4 Å². The quantitative estimate of drug-likeness (QED) is 0.785. The van der Waals surface area contributed by atoms with Crippen molar-refractivity contribution in [2.24, 2.45) is 0 Å². The van der Waals surface area contributed by atoms with E-state index in [1.807, 2.05) is 0 Å². The topological polar surface area (TPSA) is 104 Å². The smallest absolute Gasteiger partial charge is 0.303 e.